The van der Waals surface area contributed by atoms with Gasteiger partial charge in [0.05, 0.1) is 12.1 Å². The monoisotopic (exact) mass is 520 g/mol. The minimum Gasteiger partial charge on any atom is -0.507 e. The van der Waals surface area contributed by atoms with Gasteiger partial charge in [0.1, 0.15) is 11.5 Å². The zero-order valence-corrected chi connectivity index (χ0v) is 26.5. The van der Waals surface area contributed by atoms with Crippen LogP contribution >= 0.6 is 0 Å². The Morgan fingerprint density at radius 3 is 1.26 bits per heavy atom. The molecule has 0 atom stereocenters. The molecule has 0 aliphatic heterocycles. The largest absolute Gasteiger partial charge is 0.507 e. The Kier molecular flexibility index (Phi) is 8.74. The van der Waals surface area contributed by atoms with Crippen LogP contribution in [0.1, 0.15) is 130 Å². The summed E-state index contributed by atoms with van der Waals surface area (Å²) in [5, 5.41) is 22.2. The Labute approximate surface area is 232 Å². The average Bonchev–Trinajstić information content (AvgIpc) is 2.70. The van der Waals surface area contributed by atoms with Gasteiger partial charge in [-0.15, -0.1) is 0 Å². The van der Waals surface area contributed by atoms with Crippen LogP contribution in [0.15, 0.2) is 34.3 Å². The molecule has 4 heteroatoms. The first-order valence-electron chi connectivity index (χ1n) is 13.7. The van der Waals surface area contributed by atoms with Gasteiger partial charge >= 0.3 is 0 Å². The molecule has 210 valence electrons. The number of hydrogen-bond acceptors (Lipinski definition) is 4. The first-order valence-corrected chi connectivity index (χ1v) is 13.7. The molecule has 0 fully saturated rings. The number of hydrogen-bond donors (Lipinski definition) is 2. The summed E-state index contributed by atoms with van der Waals surface area (Å²) in [4.78, 5) is 9.55. The van der Waals surface area contributed by atoms with E-state index in [2.05, 4.69) is 95.2 Å². The summed E-state index contributed by atoms with van der Waals surface area (Å²) in [7, 11) is 0. The van der Waals surface area contributed by atoms with Crippen LogP contribution in [0.3, 0.4) is 0 Å². The van der Waals surface area contributed by atoms with E-state index in [0.29, 0.717) is 6.54 Å². The lowest BCUT2D eigenvalue weighted by atomic mass is 9.79. The lowest BCUT2D eigenvalue weighted by Crippen LogP contribution is -2.22. The average molecular weight is 521 g/mol. The molecule has 0 unspecified atom stereocenters. The van der Waals surface area contributed by atoms with E-state index in [9.17, 15) is 10.2 Å². The molecule has 0 aliphatic rings. The van der Waals surface area contributed by atoms with Crippen molar-refractivity contribution in [3.63, 3.8) is 0 Å². The molecule has 0 aliphatic carbocycles. The van der Waals surface area contributed by atoms with Crippen LogP contribution < -0.4 is 0 Å². The Hall–Kier alpha value is -2.62. The van der Waals surface area contributed by atoms with E-state index >= 15 is 0 Å². The summed E-state index contributed by atoms with van der Waals surface area (Å²) in [6.45, 7) is 30.3. The molecule has 2 aromatic rings. The molecule has 0 bridgehead atoms. The lowest BCUT2D eigenvalue weighted by Gasteiger charge is -2.27. The fraction of sp³-hybridized carbons (Fsp3) is 0.588. The molecule has 4 nitrogen and oxygen atoms in total. The Morgan fingerprint density at radius 1 is 0.553 bits per heavy atom. The predicted molar refractivity (Wildman–Crippen MR) is 165 cm³/mol. The molecule has 38 heavy (non-hydrogen) atoms. The van der Waals surface area contributed by atoms with Crippen molar-refractivity contribution in [2.24, 2.45) is 9.98 Å². The van der Waals surface area contributed by atoms with E-state index in [1.807, 2.05) is 26.0 Å². The van der Waals surface area contributed by atoms with E-state index in [0.717, 1.165) is 22.3 Å². The molecular formula is C34H52N2O2. The van der Waals surface area contributed by atoms with Crippen molar-refractivity contribution < 1.29 is 10.2 Å². The summed E-state index contributed by atoms with van der Waals surface area (Å²) in [5.41, 5.74) is 4.67. The molecule has 0 heterocycles. The van der Waals surface area contributed by atoms with Crippen LogP contribution in [0.4, 0.5) is 0 Å². The van der Waals surface area contributed by atoms with Gasteiger partial charge in [0, 0.05) is 34.7 Å². The normalized spacial score (nSPS) is 14.2. The zero-order chi connectivity index (χ0) is 29.5. The van der Waals surface area contributed by atoms with Crippen LogP contribution in [0, 0.1) is 0 Å². The zero-order valence-electron chi connectivity index (χ0n) is 26.5. The third-order valence-corrected chi connectivity index (χ3v) is 6.89. The highest BCUT2D eigenvalue weighted by atomic mass is 16.3. The van der Waals surface area contributed by atoms with Gasteiger partial charge < -0.3 is 10.2 Å². The Bertz CT molecular complexity index is 1210. The Morgan fingerprint density at radius 2 is 0.921 bits per heavy atom. The quantitative estimate of drug-likeness (QED) is 0.388. The minimum absolute atomic E-state index is 0.0463. The molecular weight excluding hydrogens is 468 g/mol. The fourth-order valence-corrected chi connectivity index (χ4v) is 4.17. The van der Waals surface area contributed by atoms with Gasteiger partial charge in [-0.1, -0.05) is 95.2 Å². The lowest BCUT2D eigenvalue weighted by molar-refractivity contribution is 0.442. The van der Waals surface area contributed by atoms with Crippen molar-refractivity contribution in [1.29, 1.82) is 0 Å². The SMILES string of the molecule is CC(C)(CN=Cc1cc(C(C)(C)C)cc(C(C)(C)C)c1O)N=Cc1cc(C(C)(C)C)cc(C(C)(C)C)c1O. The smallest absolute Gasteiger partial charge is 0.128 e. The van der Waals surface area contributed by atoms with Gasteiger partial charge in [-0.2, -0.15) is 0 Å². The molecule has 0 saturated heterocycles. The highest BCUT2D eigenvalue weighted by Gasteiger charge is 2.26. The molecule has 2 rings (SSSR count). The second-order valence-corrected chi connectivity index (χ2v) is 15.5. The van der Waals surface area contributed by atoms with Gasteiger partial charge in [-0.25, -0.2) is 0 Å². The number of rotatable bonds is 5. The summed E-state index contributed by atoms with van der Waals surface area (Å²) in [6.07, 6.45) is 3.55. The summed E-state index contributed by atoms with van der Waals surface area (Å²) >= 11 is 0. The summed E-state index contributed by atoms with van der Waals surface area (Å²) in [5.74, 6) is 0.571. The molecule has 0 aromatic heterocycles. The number of nitrogens with zero attached hydrogens (tertiary/aromatic N) is 2. The van der Waals surface area contributed by atoms with Gasteiger partial charge in [0.15, 0.2) is 0 Å². The highest BCUT2D eigenvalue weighted by Crippen LogP contribution is 2.38. The van der Waals surface area contributed by atoms with Gasteiger partial charge in [0.25, 0.3) is 0 Å². The molecule has 0 amide bonds. The van der Waals surface area contributed by atoms with Crippen LogP contribution in [0.5, 0.6) is 11.5 Å². The second kappa shape index (κ2) is 10.5. The number of aliphatic imine (C=N–C) groups is 2. The molecule has 0 saturated carbocycles. The maximum atomic E-state index is 11.1. The second-order valence-electron chi connectivity index (χ2n) is 15.5. The maximum absolute atomic E-state index is 11.1. The topological polar surface area (TPSA) is 65.2 Å². The van der Waals surface area contributed by atoms with Crippen molar-refractivity contribution in [3.05, 3.63) is 57.6 Å². The van der Waals surface area contributed by atoms with Crippen LogP contribution in [0.25, 0.3) is 0 Å². The van der Waals surface area contributed by atoms with E-state index in [1.165, 1.54) is 11.1 Å². The van der Waals surface area contributed by atoms with Crippen LogP contribution in [-0.4, -0.2) is 34.7 Å². The first kappa shape index (κ1) is 31.6. The van der Waals surface area contributed by atoms with Gasteiger partial charge in [-0.05, 0) is 58.8 Å². The van der Waals surface area contributed by atoms with Gasteiger partial charge in [0.2, 0.25) is 0 Å². The standard InChI is InChI=1S/C34H52N2O2/c1-30(2,3)24-15-22(28(37)26(17-24)32(7,8)9)19-35-21-34(13,14)36-20-23-16-25(31(4,5)6)18-27(29(23)38)33(10,11)12/h15-20,37-38H,21H2,1-14H3. The number of benzene rings is 2. The highest BCUT2D eigenvalue weighted by molar-refractivity contribution is 5.86. The molecule has 0 spiro atoms. The van der Waals surface area contributed by atoms with Crippen molar-refractivity contribution >= 4 is 12.4 Å². The van der Waals surface area contributed by atoms with E-state index in [1.54, 1.807) is 12.4 Å². The van der Waals surface area contributed by atoms with Crippen LogP contribution in [0.2, 0.25) is 0 Å². The minimum atomic E-state index is -0.493. The van der Waals surface area contributed by atoms with E-state index in [4.69, 9.17) is 9.98 Å². The summed E-state index contributed by atoms with van der Waals surface area (Å²) in [6, 6.07) is 8.31. The molecule has 0 radical (unpaired) electrons. The van der Waals surface area contributed by atoms with Crippen molar-refractivity contribution in [1.82, 2.24) is 0 Å². The van der Waals surface area contributed by atoms with Crippen LogP contribution in [-0.2, 0) is 21.7 Å². The molecule has 2 aromatic carbocycles. The number of aromatic hydroxyl groups is 2. The van der Waals surface area contributed by atoms with Crippen molar-refractivity contribution in [2.45, 2.75) is 124 Å². The van der Waals surface area contributed by atoms with E-state index < -0.39 is 5.54 Å². The number of phenolic OH excluding ortho intramolecular Hbond substituents is 2. The van der Waals surface area contributed by atoms with Crippen molar-refractivity contribution in [2.75, 3.05) is 6.54 Å². The summed E-state index contributed by atoms with van der Waals surface area (Å²) < 4.78 is 0. The molecule has 2 N–H and O–H groups in total. The third-order valence-electron chi connectivity index (χ3n) is 6.89. The van der Waals surface area contributed by atoms with Crippen molar-refractivity contribution in [3.8, 4) is 11.5 Å². The Balaban J connectivity index is 2.42. The fourth-order valence-electron chi connectivity index (χ4n) is 4.17. The van der Waals surface area contributed by atoms with E-state index in [-0.39, 0.29) is 33.2 Å². The van der Waals surface area contributed by atoms with Gasteiger partial charge in [-0.3, -0.25) is 9.98 Å². The number of phenols is 2. The predicted octanol–water partition coefficient (Wildman–Crippen LogP) is 8.60. The third kappa shape index (κ3) is 7.94. The maximum Gasteiger partial charge on any atom is 0.128 e. The first-order chi connectivity index (χ1) is 16.9.